The highest BCUT2D eigenvalue weighted by Gasteiger charge is 2.26. The lowest BCUT2D eigenvalue weighted by Crippen LogP contribution is -2.34. The number of anilines is 1. The third-order valence-corrected chi connectivity index (χ3v) is 4.49. The Bertz CT molecular complexity index is 896. The fraction of sp³-hybridized carbons (Fsp3) is 0.368. The first-order valence-corrected chi connectivity index (χ1v) is 8.80. The molecule has 140 valence electrons. The number of hydrogen-bond donors (Lipinski definition) is 2. The molecule has 0 aliphatic heterocycles. The first-order valence-electron chi connectivity index (χ1n) is 8.80. The molecule has 3 amide bonds. The average Bonchev–Trinajstić information content (AvgIpc) is 3.05. The molecule has 3 rings (SSSR count). The number of aromatic nitrogens is 2. The van der Waals surface area contributed by atoms with Crippen molar-refractivity contribution in [2.24, 2.45) is 0 Å². The second kappa shape index (κ2) is 7.91. The van der Waals surface area contributed by atoms with E-state index in [2.05, 4.69) is 15.7 Å². The van der Waals surface area contributed by atoms with E-state index < -0.39 is 0 Å². The van der Waals surface area contributed by atoms with Crippen molar-refractivity contribution in [3.8, 4) is 6.07 Å². The van der Waals surface area contributed by atoms with Crippen molar-refractivity contribution in [3.63, 3.8) is 0 Å². The van der Waals surface area contributed by atoms with E-state index in [1.54, 1.807) is 43.0 Å². The van der Waals surface area contributed by atoms with Crippen LogP contribution < -0.4 is 10.6 Å². The number of carbonyl (C=O) groups is 2. The van der Waals surface area contributed by atoms with E-state index in [0.29, 0.717) is 11.3 Å². The molecule has 2 aromatic rings. The highest BCUT2D eigenvalue weighted by molar-refractivity contribution is 5.89. The number of aryl methyl sites for hydroxylation is 1. The highest BCUT2D eigenvalue weighted by atomic mass is 16.2. The Morgan fingerprint density at radius 2 is 2.22 bits per heavy atom. The molecule has 0 spiro atoms. The van der Waals surface area contributed by atoms with Crippen molar-refractivity contribution in [3.05, 3.63) is 47.3 Å². The molecule has 2 N–H and O–H groups in total. The summed E-state index contributed by atoms with van der Waals surface area (Å²) in [4.78, 5) is 25.8. The smallest absolute Gasteiger partial charge is 0.319 e. The molecule has 1 aromatic carbocycles. The van der Waals surface area contributed by atoms with Crippen molar-refractivity contribution in [1.82, 2.24) is 20.0 Å². The Labute approximate surface area is 157 Å². The summed E-state index contributed by atoms with van der Waals surface area (Å²) in [5.74, 6) is -0.0329. The maximum atomic E-state index is 12.4. The first kappa shape index (κ1) is 18.5. The van der Waals surface area contributed by atoms with E-state index in [1.165, 1.54) is 4.90 Å². The molecule has 27 heavy (non-hydrogen) atoms. The van der Waals surface area contributed by atoms with E-state index in [1.807, 2.05) is 12.3 Å². The molecule has 1 aromatic heterocycles. The van der Waals surface area contributed by atoms with Gasteiger partial charge >= 0.3 is 6.03 Å². The zero-order chi connectivity index (χ0) is 19.4. The molecule has 8 heteroatoms. The predicted molar refractivity (Wildman–Crippen MR) is 99.9 cm³/mol. The Hall–Kier alpha value is -3.34. The molecule has 0 saturated heterocycles. The molecule has 1 heterocycles. The molecule has 0 radical (unpaired) electrons. The van der Waals surface area contributed by atoms with E-state index in [0.717, 1.165) is 30.5 Å². The van der Waals surface area contributed by atoms with Crippen LogP contribution in [-0.4, -0.2) is 40.7 Å². The van der Waals surface area contributed by atoms with Crippen LogP contribution in [0.5, 0.6) is 0 Å². The molecule has 0 saturated carbocycles. The van der Waals surface area contributed by atoms with E-state index in [-0.39, 0.29) is 24.5 Å². The van der Waals surface area contributed by atoms with Gasteiger partial charge in [-0.25, -0.2) is 4.79 Å². The number of likely N-dealkylation sites (N-methyl/N-ethyl adjacent to an activating group) is 1. The Morgan fingerprint density at radius 3 is 2.96 bits per heavy atom. The van der Waals surface area contributed by atoms with Gasteiger partial charge in [0.1, 0.15) is 6.54 Å². The Kier molecular flexibility index (Phi) is 5.41. The molecule has 1 unspecified atom stereocenters. The third kappa shape index (κ3) is 4.44. The first-order chi connectivity index (χ1) is 13.0. The molecule has 1 aliphatic carbocycles. The quantitative estimate of drug-likeness (QED) is 0.864. The van der Waals surface area contributed by atoms with Crippen LogP contribution in [0.25, 0.3) is 0 Å². The molecule has 1 aliphatic rings. The lowest BCUT2D eigenvalue weighted by atomic mass is 9.94. The number of urea groups is 1. The standard InChI is InChI=1S/C19H22N6O2/c1-24(2)17(26)12-25-11-14-6-4-8-16(18(14)23-25)22-19(27)21-15-7-3-5-13(9-15)10-20/h3,5,7,9,11,16H,4,6,8,12H2,1-2H3,(H2,21,22,27). The minimum atomic E-state index is -0.346. The number of fused-ring (bicyclic) bond motifs is 1. The number of carbonyl (C=O) groups excluding carboxylic acids is 2. The van der Waals surface area contributed by atoms with Gasteiger partial charge in [-0.3, -0.25) is 9.48 Å². The molecule has 0 fully saturated rings. The highest BCUT2D eigenvalue weighted by Crippen LogP contribution is 2.28. The molecule has 0 bridgehead atoms. The maximum Gasteiger partial charge on any atom is 0.319 e. The lowest BCUT2D eigenvalue weighted by molar-refractivity contribution is -0.129. The van der Waals surface area contributed by atoms with Crippen LogP contribution in [0.1, 0.15) is 35.7 Å². The van der Waals surface area contributed by atoms with E-state index in [9.17, 15) is 9.59 Å². The minimum absolute atomic E-state index is 0.0329. The van der Waals surface area contributed by atoms with E-state index in [4.69, 9.17) is 5.26 Å². The summed E-state index contributed by atoms with van der Waals surface area (Å²) in [6.07, 6.45) is 4.50. The second-order valence-electron chi connectivity index (χ2n) is 6.76. The van der Waals surface area contributed by atoms with Crippen LogP contribution in [0.4, 0.5) is 10.5 Å². The maximum absolute atomic E-state index is 12.4. The summed E-state index contributed by atoms with van der Waals surface area (Å²) in [5, 5.41) is 19.2. The molecular formula is C19H22N6O2. The molecule has 8 nitrogen and oxygen atoms in total. The van der Waals surface area contributed by atoms with Crippen LogP contribution in [0.3, 0.4) is 0 Å². The number of hydrogen-bond acceptors (Lipinski definition) is 4. The second-order valence-corrected chi connectivity index (χ2v) is 6.76. The topological polar surface area (TPSA) is 103 Å². The lowest BCUT2D eigenvalue weighted by Gasteiger charge is -2.22. The van der Waals surface area contributed by atoms with Crippen molar-refractivity contribution in [2.45, 2.75) is 31.8 Å². The van der Waals surface area contributed by atoms with Crippen LogP contribution >= 0.6 is 0 Å². The summed E-state index contributed by atoms with van der Waals surface area (Å²) >= 11 is 0. The minimum Gasteiger partial charge on any atom is -0.347 e. The van der Waals surface area contributed by atoms with Gasteiger partial charge < -0.3 is 15.5 Å². The van der Waals surface area contributed by atoms with Gasteiger partial charge in [0.2, 0.25) is 5.91 Å². The normalized spacial score (nSPS) is 15.4. The Morgan fingerprint density at radius 1 is 1.41 bits per heavy atom. The number of rotatable bonds is 4. The average molecular weight is 366 g/mol. The summed E-state index contributed by atoms with van der Waals surface area (Å²) < 4.78 is 1.64. The zero-order valence-corrected chi connectivity index (χ0v) is 15.4. The SMILES string of the molecule is CN(C)C(=O)Cn1cc2c(n1)C(NC(=O)Nc1cccc(C#N)c1)CCC2. The molecule has 1 atom stereocenters. The zero-order valence-electron chi connectivity index (χ0n) is 15.4. The summed E-state index contributed by atoms with van der Waals surface area (Å²) in [6, 6.07) is 8.24. The van der Waals surface area contributed by atoms with Crippen molar-refractivity contribution < 1.29 is 9.59 Å². The van der Waals surface area contributed by atoms with Gasteiger partial charge in [0, 0.05) is 26.0 Å². The largest absolute Gasteiger partial charge is 0.347 e. The van der Waals surface area contributed by atoms with E-state index >= 15 is 0 Å². The number of amides is 3. The van der Waals surface area contributed by atoms with Crippen molar-refractivity contribution >= 4 is 17.6 Å². The van der Waals surface area contributed by atoms with Crippen molar-refractivity contribution in [1.29, 1.82) is 5.26 Å². The van der Waals surface area contributed by atoms with Crippen LogP contribution in [-0.2, 0) is 17.8 Å². The van der Waals surface area contributed by atoms with Crippen LogP contribution in [0.2, 0.25) is 0 Å². The summed E-state index contributed by atoms with van der Waals surface area (Å²) in [7, 11) is 3.42. The number of nitriles is 1. The van der Waals surface area contributed by atoms with Crippen LogP contribution in [0.15, 0.2) is 30.5 Å². The fourth-order valence-corrected chi connectivity index (χ4v) is 3.09. The fourth-order valence-electron chi connectivity index (χ4n) is 3.09. The Balaban J connectivity index is 1.68. The predicted octanol–water partition coefficient (Wildman–Crippen LogP) is 2.04. The number of benzene rings is 1. The number of nitrogens with zero attached hydrogens (tertiary/aromatic N) is 4. The van der Waals surface area contributed by atoms with Gasteiger partial charge in [0.25, 0.3) is 0 Å². The molecular weight excluding hydrogens is 344 g/mol. The van der Waals surface area contributed by atoms with Gasteiger partial charge in [0.15, 0.2) is 0 Å². The van der Waals surface area contributed by atoms with Gasteiger partial charge in [-0.1, -0.05) is 6.07 Å². The summed E-state index contributed by atoms with van der Waals surface area (Å²) in [6.45, 7) is 0.180. The van der Waals surface area contributed by atoms with Gasteiger partial charge in [0.05, 0.1) is 23.4 Å². The van der Waals surface area contributed by atoms with Crippen LogP contribution in [0, 0.1) is 11.3 Å². The monoisotopic (exact) mass is 366 g/mol. The van der Waals surface area contributed by atoms with Gasteiger partial charge in [-0.05, 0) is 43.0 Å². The van der Waals surface area contributed by atoms with Gasteiger partial charge in [-0.15, -0.1) is 0 Å². The van der Waals surface area contributed by atoms with Crippen molar-refractivity contribution in [2.75, 3.05) is 19.4 Å². The third-order valence-electron chi connectivity index (χ3n) is 4.49. The summed E-state index contributed by atoms with van der Waals surface area (Å²) in [5.41, 5.74) is 2.92. The number of nitrogens with one attached hydrogen (secondary N) is 2. The van der Waals surface area contributed by atoms with Gasteiger partial charge in [-0.2, -0.15) is 10.4 Å².